The largest absolute Gasteiger partial charge is 0.451 e. The Balaban J connectivity index is 1.62. The molecule has 0 bridgehead atoms. The molecule has 0 spiro atoms. The highest BCUT2D eigenvalue weighted by molar-refractivity contribution is 7.18. The van der Waals surface area contributed by atoms with Gasteiger partial charge in [0.05, 0.1) is 18.7 Å². The Morgan fingerprint density at radius 2 is 2.03 bits per heavy atom. The fourth-order valence-electron chi connectivity index (χ4n) is 3.63. The lowest BCUT2D eigenvalue weighted by atomic mass is 10.2. The van der Waals surface area contributed by atoms with E-state index < -0.39 is 12.0 Å². The van der Waals surface area contributed by atoms with Gasteiger partial charge in [-0.3, -0.25) is 5.32 Å². The van der Waals surface area contributed by atoms with E-state index in [-0.39, 0.29) is 18.9 Å². The van der Waals surface area contributed by atoms with E-state index in [2.05, 4.69) is 38.8 Å². The molecule has 4 rings (SSSR count). The summed E-state index contributed by atoms with van der Waals surface area (Å²) in [5.74, 6) is 0.507. The van der Waals surface area contributed by atoms with Crippen LogP contribution in [-0.2, 0) is 30.4 Å². The zero-order valence-electron chi connectivity index (χ0n) is 17.9. The van der Waals surface area contributed by atoms with Crippen LogP contribution in [0, 0.1) is 0 Å². The Hall–Kier alpha value is -2.51. The number of aryl methyl sites for hydroxylation is 1. The van der Waals surface area contributed by atoms with Crippen molar-refractivity contribution in [2.75, 3.05) is 43.7 Å². The molecule has 32 heavy (non-hydrogen) atoms. The van der Waals surface area contributed by atoms with Crippen molar-refractivity contribution in [2.45, 2.75) is 39.0 Å². The van der Waals surface area contributed by atoms with Gasteiger partial charge >= 0.3 is 6.18 Å². The van der Waals surface area contributed by atoms with E-state index in [1.807, 2.05) is 4.90 Å². The maximum absolute atomic E-state index is 13.2. The summed E-state index contributed by atoms with van der Waals surface area (Å²) in [6, 6.07) is 2.09. The molecule has 2 N–H and O–H groups in total. The number of anilines is 2. The molecule has 0 saturated heterocycles. The molecule has 13 heteroatoms. The van der Waals surface area contributed by atoms with Gasteiger partial charge in [0, 0.05) is 38.2 Å². The van der Waals surface area contributed by atoms with Crippen molar-refractivity contribution in [2.24, 2.45) is 0 Å². The molecule has 4 heterocycles. The number of alkyl halides is 3. The van der Waals surface area contributed by atoms with Gasteiger partial charge in [-0.25, -0.2) is 4.98 Å². The third-order valence-electron chi connectivity index (χ3n) is 5.06. The first-order chi connectivity index (χ1) is 15.4. The quantitative estimate of drug-likeness (QED) is 0.364. The van der Waals surface area contributed by atoms with Crippen LogP contribution >= 0.6 is 11.3 Å². The van der Waals surface area contributed by atoms with E-state index in [9.17, 15) is 13.2 Å². The summed E-state index contributed by atoms with van der Waals surface area (Å²) in [7, 11) is 1.62. The van der Waals surface area contributed by atoms with Gasteiger partial charge in [-0.15, -0.1) is 21.5 Å². The van der Waals surface area contributed by atoms with E-state index in [0.29, 0.717) is 38.1 Å². The summed E-state index contributed by atoms with van der Waals surface area (Å²) >= 11 is 1.62. The third kappa shape index (κ3) is 4.79. The zero-order chi connectivity index (χ0) is 22.7. The predicted octanol–water partition coefficient (Wildman–Crippen LogP) is 2.88. The lowest BCUT2D eigenvalue weighted by Crippen LogP contribution is -2.36. The van der Waals surface area contributed by atoms with Gasteiger partial charge in [-0.2, -0.15) is 18.2 Å². The van der Waals surface area contributed by atoms with Gasteiger partial charge in [0.25, 0.3) is 0 Å². The van der Waals surface area contributed by atoms with Crippen molar-refractivity contribution in [3.05, 3.63) is 22.6 Å². The van der Waals surface area contributed by atoms with Crippen LogP contribution in [0.3, 0.4) is 0 Å². The molecule has 3 aromatic rings. The van der Waals surface area contributed by atoms with Crippen molar-refractivity contribution in [1.82, 2.24) is 30.0 Å². The number of hydrogen-bond donors (Lipinski definition) is 2. The molecule has 0 radical (unpaired) electrons. The second-order valence-corrected chi connectivity index (χ2v) is 8.54. The summed E-state index contributed by atoms with van der Waals surface area (Å²) in [6.07, 6.45) is -2.57. The predicted molar refractivity (Wildman–Crippen MR) is 116 cm³/mol. The molecule has 0 fully saturated rings. The molecular weight excluding hydrogens is 445 g/mol. The fourth-order valence-corrected chi connectivity index (χ4v) is 4.75. The smallest absolute Gasteiger partial charge is 0.370 e. The number of aromatic nitrogens is 5. The van der Waals surface area contributed by atoms with Crippen LogP contribution in [0.15, 0.2) is 6.07 Å². The number of ether oxygens (including phenoxy) is 1. The van der Waals surface area contributed by atoms with Crippen LogP contribution in [0.2, 0.25) is 0 Å². The minimum atomic E-state index is -4.52. The molecule has 0 atom stereocenters. The third-order valence-corrected chi connectivity index (χ3v) is 6.15. The van der Waals surface area contributed by atoms with Gasteiger partial charge in [-0.05, 0) is 12.5 Å². The first kappa shape index (κ1) is 22.7. The molecule has 3 aromatic heterocycles. The summed E-state index contributed by atoms with van der Waals surface area (Å²) in [4.78, 5) is 13.4. The fraction of sp³-hybridized carbons (Fsp3) is 0.579. The van der Waals surface area contributed by atoms with E-state index >= 15 is 0 Å². The van der Waals surface area contributed by atoms with Crippen LogP contribution in [0.1, 0.15) is 29.9 Å². The zero-order valence-corrected chi connectivity index (χ0v) is 18.7. The SMILES string of the molecule is CCCc1cc2c(N3CCn4c(nnc4C(F)(F)F)C3)nc(NCCNCOC)nc2s1. The molecule has 0 amide bonds. The van der Waals surface area contributed by atoms with Gasteiger partial charge in [0.2, 0.25) is 11.8 Å². The standard InChI is InChI=1S/C19H25F3N8OS/c1-3-4-12-9-13-15(25-18(26-16(13)32-12)24-6-5-23-11-31-2)29-7-8-30-14(10-29)27-28-17(30)19(20,21)22/h9,23H,3-8,10-11H2,1-2H3,(H,24,25,26). The normalized spacial score (nSPS) is 14.2. The summed E-state index contributed by atoms with van der Waals surface area (Å²) in [6.45, 7) is 4.54. The van der Waals surface area contributed by atoms with Crippen molar-refractivity contribution >= 4 is 33.3 Å². The lowest BCUT2D eigenvalue weighted by molar-refractivity contribution is -0.147. The number of fused-ring (bicyclic) bond motifs is 2. The number of methoxy groups -OCH3 is 1. The summed E-state index contributed by atoms with van der Waals surface area (Å²) in [5, 5.41) is 14.4. The average Bonchev–Trinajstić information content (AvgIpc) is 3.36. The number of halogens is 3. The van der Waals surface area contributed by atoms with Gasteiger partial charge in [0.1, 0.15) is 10.6 Å². The van der Waals surface area contributed by atoms with Gasteiger partial charge in [0.15, 0.2) is 5.82 Å². The second-order valence-electron chi connectivity index (χ2n) is 7.42. The van der Waals surface area contributed by atoms with Crippen molar-refractivity contribution < 1.29 is 17.9 Å². The van der Waals surface area contributed by atoms with E-state index in [1.165, 1.54) is 4.88 Å². The van der Waals surface area contributed by atoms with E-state index in [0.717, 1.165) is 27.6 Å². The molecule has 0 unspecified atom stereocenters. The maximum atomic E-state index is 13.2. The van der Waals surface area contributed by atoms with Crippen LogP contribution in [0.4, 0.5) is 24.9 Å². The maximum Gasteiger partial charge on any atom is 0.451 e. The molecule has 0 saturated carbocycles. The van der Waals surface area contributed by atoms with Crippen molar-refractivity contribution in [3.63, 3.8) is 0 Å². The number of thiophene rings is 1. The molecule has 0 aromatic carbocycles. The van der Waals surface area contributed by atoms with Gasteiger partial charge in [-0.1, -0.05) is 13.3 Å². The van der Waals surface area contributed by atoms with Crippen molar-refractivity contribution in [3.8, 4) is 0 Å². The Labute approximate surface area is 187 Å². The molecule has 174 valence electrons. The lowest BCUT2D eigenvalue weighted by Gasteiger charge is -2.29. The average molecular weight is 471 g/mol. The number of rotatable bonds is 9. The second kappa shape index (κ2) is 9.55. The van der Waals surface area contributed by atoms with Crippen molar-refractivity contribution in [1.29, 1.82) is 0 Å². The highest BCUT2D eigenvalue weighted by Gasteiger charge is 2.39. The van der Waals surface area contributed by atoms with Crippen LogP contribution in [0.25, 0.3) is 10.2 Å². The van der Waals surface area contributed by atoms with E-state index in [4.69, 9.17) is 9.72 Å². The highest BCUT2D eigenvalue weighted by Crippen LogP contribution is 2.35. The van der Waals surface area contributed by atoms with E-state index in [1.54, 1.807) is 18.4 Å². The first-order valence-electron chi connectivity index (χ1n) is 10.4. The Morgan fingerprint density at radius 1 is 1.19 bits per heavy atom. The molecule has 0 aliphatic carbocycles. The minimum absolute atomic E-state index is 0.137. The molecule has 9 nitrogen and oxygen atoms in total. The summed E-state index contributed by atoms with van der Waals surface area (Å²) in [5.41, 5.74) is 0. The number of nitrogens with zero attached hydrogens (tertiary/aromatic N) is 6. The summed E-state index contributed by atoms with van der Waals surface area (Å²) < 4.78 is 45.7. The monoisotopic (exact) mass is 470 g/mol. The Bertz CT molecular complexity index is 1070. The number of hydrogen-bond acceptors (Lipinski definition) is 9. The highest BCUT2D eigenvalue weighted by atomic mass is 32.1. The van der Waals surface area contributed by atoms with Gasteiger partial charge < -0.3 is 19.5 Å². The molecule has 1 aliphatic heterocycles. The topological polar surface area (TPSA) is 93.0 Å². The van der Waals surface area contributed by atoms with Crippen LogP contribution in [-0.4, -0.2) is 58.2 Å². The number of nitrogens with one attached hydrogen (secondary N) is 2. The molecular formula is C19H25F3N8OS. The Morgan fingerprint density at radius 3 is 2.78 bits per heavy atom. The van der Waals surface area contributed by atoms with Crippen LogP contribution in [0.5, 0.6) is 0 Å². The molecule has 1 aliphatic rings. The van der Waals surface area contributed by atoms with Crippen LogP contribution < -0.4 is 15.5 Å². The minimum Gasteiger partial charge on any atom is -0.370 e. The first-order valence-corrected chi connectivity index (χ1v) is 11.2. The Kier molecular flexibility index (Phi) is 6.76.